The number of nitrogens with one attached hydrogen (secondary N) is 5. The summed E-state index contributed by atoms with van der Waals surface area (Å²) in [6.45, 7) is 33.9. The minimum atomic E-state index is 0.0706. The summed E-state index contributed by atoms with van der Waals surface area (Å²) in [6.07, 6.45) is 11.4. The monoisotopic (exact) mass is 732 g/mol. The summed E-state index contributed by atoms with van der Waals surface area (Å²) in [5.74, 6) is 2.55. The Morgan fingerprint density at radius 3 is 1.40 bits per heavy atom. The molecule has 0 atom stereocenters. The summed E-state index contributed by atoms with van der Waals surface area (Å²) in [5.41, 5.74) is 0.283. The molecule has 0 aliphatic carbocycles. The molecule has 2 aliphatic rings. The van der Waals surface area contributed by atoms with E-state index in [0.717, 1.165) is 115 Å². The third-order valence-electron chi connectivity index (χ3n) is 10.4. The number of anilines is 2. The molecule has 3 rings (SSSR count). The van der Waals surface area contributed by atoms with E-state index in [1.807, 2.05) is 21.0 Å². The molecule has 0 unspecified atom stereocenters. The number of nitrogens with zero attached hydrogens (tertiary/aromatic N) is 6. The molecule has 0 bridgehead atoms. The van der Waals surface area contributed by atoms with Crippen molar-refractivity contribution in [2.24, 2.45) is 0 Å². The van der Waals surface area contributed by atoms with Gasteiger partial charge in [0.15, 0.2) is 0 Å². The van der Waals surface area contributed by atoms with Gasteiger partial charge < -0.3 is 41.3 Å². The highest BCUT2D eigenvalue weighted by atomic mass is 15.4. The van der Waals surface area contributed by atoms with Crippen LogP contribution in [0.4, 0.5) is 11.9 Å². The van der Waals surface area contributed by atoms with Crippen molar-refractivity contribution in [3.05, 3.63) is 5.82 Å². The number of likely N-dealkylation sites (N-methyl/N-ethyl adjacent to an activating group) is 1. The normalized spacial score (nSPS) is 19.7. The lowest BCUT2D eigenvalue weighted by Crippen LogP contribution is -2.63. The number of aromatic nitrogens is 3. The molecule has 52 heavy (non-hydrogen) atoms. The Hall–Kier alpha value is -1.63. The largest absolute Gasteiger partial charge is 0.338 e. The second kappa shape index (κ2) is 22.1. The van der Waals surface area contributed by atoms with Crippen LogP contribution in [-0.4, -0.2) is 128 Å². The van der Waals surface area contributed by atoms with Crippen LogP contribution in [0.1, 0.15) is 139 Å². The number of hydrogen-bond donors (Lipinski definition) is 5. The number of hydrogen-bond acceptors (Lipinski definition) is 11. The van der Waals surface area contributed by atoms with Crippen molar-refractivity contribution in [2.75, 3.05) is 83.3 Å². The van der Waals surface area contributed by atoms with E-state index < -0.39 is 0 Å². The van der Waals surface area contributed by atoms with Crippen LogP contribution in [0, 0.1) is 6.92 Å². The van der Waals surface area contributed by atoms with Gasteiger partial charge in [-0.2, -0.15) is 15.0 Å². The molecular formula is C41H85N11. The first kappa shape index (κ1) is 46.5. The maximum absolute atomic E-state index is 5.27. The van der Waals surface area contributed by atoms with E-state index >= 15 is 0 Å². The van der Waals surface area contributed by atoms with E-state index in [4.69, 9.17) is 15.0 Å². The Bertz CT molecular complexity index is 1020. The summed E-state index contributed by atoms with van der Waals surface area (Å²) < 4.78 is 0. The SMILES string of the molecule is CCCCN(c1nc(C)nc(N(CCCC)C2CC(C)(C)NC(C)(C)C2)n1)C1CC(C)(C)NC(C)(C)C1.CNCCCNCCN(C)CCCNC. The lowest BCUT2D eigenvalue weighted by Gasteiger charge is -2.50. The molecule has 0 amide bonds. The minimum absolute atomic E-state index is 0.0706. The Kier molecular flexibility index (Phi) is 19.7. The van der Waals surface area contributed by atoms with Gasteiger partial charge in [0, 0.05) is 60.4 Å². The minimum Gasteiger partial charge on any atom is -0.338 e. The van der Waals surface area contributed by atoms with Gasteiger partial charge in [0.1, 0.15) is 5.82 Å². The van der Waals surface area contributed by atoms with E-state index in [9.17, 15) is 0 Å². The zero-order chi connectivity index (χ0) is 39.0. The molecule has 0 aromatic carbocycles. The van der Waals surface area contributed by atoms with Crippen molar-refractivity contribution in [3.8, 4) is 0 Å². The van der Waals surface area contributed by atoms with Crippen LogP contribution >= 0.6 is 0 Å². The van der Waals surface area contributed by atoms with Crippen LogP contribution in [0.25, 0.3) is 0 Å². The summed E-state index contributed by atoms with van der Waals surface area (Å²) >= 11 is 0. The molecule has 3 heterocycles. The molecular weight excluding hydrogens is 647 g/mol. The molecule has 1 aromatic rings. The molecule has 2 aliphatic heterocycles. The van der Waals surface area contributed by atoms with Gasteiger partial charge in [-0.25, -0.2) is 0 Å². The third-order valence-corrected chi connectivity index (χ3v) is 10.4. The highest BCUT2D eigenvalue weighted by Gasteiger charge is 2.42. The van der Waals surface area contributed by atoms with Crippen molar-refractivity contribution in [2.45, 2.75) is 175 Å². The van der Waals surface area contributed by atoms with Crippen molar-refractivity contribution in [1.82, 2.24) is 46.4 Å². The first-order valence-electron chi connectivity index (χ1n) is 20.9. The van der Waals surface area contributed by atoms with Gasteiger partial charge in [0.25, 0.3) is 0 Å². The predicted octanol–water partition coefficient (Wildman–Crippen LogP) is 5.74. The Balaban J connectivity index is 0.000000526. The first-order chi connectivity index (χ1) is 24.4. The molecule has 2 fully saturated rings. The number of piperidine rings is 2. The first-order valence-corrected chi connectivity index (χ1v) is 20.9. The molecule has 5 N–H and O–H groups in total. The Labute approximate surface area is 321 Å². The van der Waals surface area contributed by atoms with Crippen molar-refractivity contribution in [3.63, 3.8) is 0 Å². The zero-order valence-corrected chi connectivity index (χ0v) is 36.6. The van der Waals surface area contributed by atoms with Crippen LogP contribution in [0.15, 0.2) is 0 Å². The van der Waals surface area contributed by atoms with Crippen molar-refractivity contribution < 1.29 is 0 Å². The van der Waals surface area contributed by atoms with Gasteiger partial charge in [-0.05, 0) is 161 Å². The van der Waals surface area contributed by atoms with E-state index in [-0.39, 0.29) is 22.2 Å². The predicted molar refractivity (Wildman–Crippen MR) is 225 cm³/mol. The highest BCUT2D eigenvalue weighted by Crippen LogP contribution is 2.36. The van der Waals surface area contributed by atoms with Crippen LogP contribution < -0.4 is 36.4 Å². The van der Waals surface area contributed by atoms with Crippen molar-refractivity contribution >= 4 is 11.9 Å². The molecule has 2 saturated heterocycles. The quantitative estimate of drug-likeness (QED) is 0.100. The zero-order valence-electron chi connectivity index (χ0n) is 36.6. The Morgan fingerprint density at radius 1 is 0.577 bits per heavy atom. The second-order valence-corrected chi connectivity index (χ2v) is 18.5. The number of aryl methyl sites for hydroxylation is 1. The average Bonchev–Trinajstić information content (AvgIpc) is 3.00. The third kappa shape index (κ3) is 17.2. The fourth-order valence-corrected chi connectivity index (χ4v) is 8.66. The van der Waals surface area contributed by atoms with Gasteiger partial charge in [0.05, 0.1) is 0 Å². The fourth-order valence-electron chi connectivity index (χ4n) is 8.66. The lowest BCUT2D eigenvalue weighted by atomic mass is 9.79. The van der Waals surface area contributed by atoms with E-state index in [1.165, 1.54) is 19.4 Å². The molecule has 0 radical (unpaired) electrons. The molecule has 11 nitrogen and oxygen atoms in total. The maximum atomic E-state index is 5.27. The summed E-state index contributed by atoms with van der Waals surface area (Å²) in [4.78, 5) is 22.6. The topological polar surface area (TPSA) is 109 Å². The van der Waals surface area contributed by atoms with E-state index in [1.54, 1.807) is 0 Å². The van der Waals surface area contributed by atoms with Crippen LogP contribution in [-0.2, 0) is 0 Å². The molecule has 0 saturated carbocycles. The van der Waals surface area contributed by atoms with Gasteiger partial charge in [0.2, 0.25) is 11.9 Å². The van der Waals surface area contributed by atoms with Gasteiger partial charge in [-0.1, -0.05) is 26.7 Å². The molecule has 304 valence electrons. The average molecular weight is 732 g/mol. The summed E-state index contributed by atoms with van der Waals surface area (Å²) in [6, 6.07) is 0.793. The van der Waals surface area contributed by atoms with Crippen LogP contribution in [0.2, 0.25) is 0 Å². The smallest absolute Gasteiger partial charge is 0.230 e. The van der Waals surface area contributed by atoms with Gasteiger partial charge >= 0.3 is 0 Å². The highest BCUT2D eigenvalue weighted by molar-refractivity contribution is 5.42. The van der Waals surface area contributed by atoms with Crippen LogP contribution in [0.3, 0.4) is 0 Å². The molecule has 1 aromatic heterocycles. The van der Waals surface area contributed by atoms with Gasteiger partial charge in [-0.3, -0.25) is 0 Å². The Morgan fingerprint density at radius 2 is 1.00 bits per heavy atom. The molecule has 11 heteroatoms. The number of unbranched alkanes of at least 4 members (excludes halogenated alkanes) is 2. The summed E-state index contributed by atoms with van der Waals surface area (Å²) in [5, 5.41) is 17.5. The standard InChI is InChI=1S/C30H57N7.C11H28N4/c1-12-14-16-36(23-18-27(4,5)34-28(6,7)19-23)25-31-22(3)32-26(33-25)37(17-15-13-2)24-20-29(8,9)35-30(10,11)21-24;1-12-6-4-8-14-9-11-15(3)10-5-7-13-2/h23-24,34-35H,12-21H2,1-11H3;12-14H,4-11H2,1-3H3. The van der Waals surface area contributed by atoms with E-state index in [0.29, 0.717) is 12.1 Å². The molecule has 0 spiro atoms. The van der Waals surface area contributed by atoms with E-state index in [2.05, 4.69) is 118 Å². The second-order valence-electron chi connectivity index (χ2n) is 18.5. The van der Waals surface area contributed by atoms with Crippen LogP contribution in [0.5, 0.6) is 0 Å². The lowest BCUT2D eigenvalue weighted by molar-refractivity contribution is 0.157. The number of rotatable bonds is 21. The fraction of sp³-hybridized carbons (Fsp3) is 0.927. The maximum Gasteiger partial charge on any atom is 0.230 e. The van der Waals surface area contributed by atoms with Gasteiger partial charge in [-0.15, -0.1) is 0 Å². The van der Waals surface area contributed by atoms with Crippen molar-refractivity contribution in [1.29, 1.82) is 0 Å². The summed E-state index contributed by atoms with van der Waals surface area (Å²) in [7, 11) is 6.18.